The van der Waals surface area contributed by atoms with Crippen molar-refractivity contribution in [2.45, 2.75) is 12.0 Å². The van der Waals surface area contributed by atoms with Crippen LogP contribution in [0, 0.1) is 5.82 Å². The van der Waals surface area contributed by atoms with Crippen LogP contribution >= 0.6 is 0 Å². The van der Waals surface area contributed by atoms with Crippen molar-refractivity contribution in [2.75, 3.05) is 26.3 Å². The SMILES string of the molecule is O=C(c1cnccn1)N1CCO[C@](CO)(Cc2ccccc2F)C1. The summed E-state index contributed by atoms with van der Waals surface area (Å²) in [4.78, 5) is 22.0. The summed E-state index contributed by atoms with van der Waals surface area (Å²) >= 11 is 0. The molecule has 6 nitrogen and oxygen atoms in total. The van der Waals surface area contributed by atoms with Gasteiger partial charge in [-0.15, -0.1) is 0 Å². The lowest BCUT2D eigenvalue weighted by molar-refractivity contribution is -0.124. The Hall–Kier alpha value is -2.38. The first-order valence-corrected chi connectivity index (χ1v) is 7.67. The van der Waals surface area contributed by atoms with Crippen LogP contribution in [0.15, 0.2) is 42.9 Å². The summed E-state index contributed by atoms with van der Waals surface area (Å²) in [6, 6.07) is 6.36. The summed E-state index contributed by atoms with van der Waals surface area (Å²) in [5, 5.41) is 9.85. The van der Waals surface area contributed by atoms with Crippen molar-refractivity contribution in [1.29, 1.82) is 0 Å². The normalized spacial score (nSPS) is 20.8. The fourth-order valence-corrected chi connectivity index (χ4v) is 2.84. The summed E-state index contributed by atoms with van der Waals surface area (Å²) in [6.07, 6.45) is 4.52. The fraction of sp³-hybridized carbons (Fsp3) is 0.353. The summed E-state index contributed by atoms with van der Waals surface area (Å²) in [5.74, 6) is -0.635. The number of hydrogen-bond acceptors (Lipinski definition) is 5. The number of rotatable bonds is 4. The number of aliphatic hydroxyl groups is 1. The van der Waals surface area contributed by atoms with E-state index in [1.165, 1.54) is 24.7 Å². The molecular weight excluding hydrogens is 313 g/mol. The molecule has 1 saturated heterocycles. The maximum atomic E-state index is 13.9. The number of halogens is 1. The van der Waals surface area contributed by atoms with Crippen LogP contribution in [0.2, 0.25) is 0 Å². The highest BCUT2D eigenvalue weighted by Gasteiger charge is 2.39. The van der Waals surface area contributed by atoms with Crippen molar-refractivity contribution >= 4 is 5.91 Å². The maximum Gasteiger partial charge on any atom is 0.274 e. The minimum Gasteiger partial charge on any atom is -0.393 e. The summed E-state index contributed by atoms with van der Waals surface area (Å²) in [6.45, 7) is 0.494. The summed E-state index contributed by atoms with van der Waals surface area (Å²) in [5.41, 5.74) is -0.351. The molecule has 1 aromatic carbocycles. The Kier molecular flexibility index (Phi) is 4.82. The van der Waals surface area contributed by atoms with Crippen LogP contribution in [0.25, 0.3) is 0 Å². The predicted octanol–water partition coefficient (Wildman–Crippen LogP) is 1.06. The molecular formula is C17H18FN3O3. The number of benzene rings is 1. The Morgan fingerprint density at radius 2 is 2.21 bits per heavy atom. The molecule has 0 bridgehead atoms. The van der Waals surface area contributed by atoms with E-state index in [-0.39, 0.29) is 43.6 Å². The molecule has 1 aliphatic heterocycles. The molecule has 1 fully saturated rings. The molecule has 0 unspecified atom stereocenters. The van der Waals surface area contributed by atoms with Crippen molar-refractivity contribution < 1.29 is 19.0 Å². The van der Waals surface area contributed by atoms with Gasteiger partial charge in [-0.05, 0) is 11.6 Å². The van der Waals surface area contributed by atoms with Crippen LogP contribution in [-0.4, -0.2) is 57.8 Å². The number of aromatic nitrogens is 2. The first-order valence-electron chi connectivity index (χ1n) is 7.67. The van der Waals surface area contributed by atoms with Crippen LogP contribution in [0.4, 0.5) is 4.39 Å². The Morgan fingerprint density at radius 3 is 2.92 bits per heavy atom. The standard InChI is InChI=1S/C17H18FN3O3/c18-14-4-2-1-3-13(14)9-17(12-22)11-21(7-8-24-17)16(23)15-10-19-5-6-20-15/h1-6,10,22H,7-9,11-12H2/t17-/m1/s1. The Balaban J connectivity index is 1.79. The Labute approximate surface area is 138 Å². The van der Waals surface area contributed by atoms with Gasteiger partial charge in [-0.3, -0.25) is 9.78 Å². The molecule has 1 atom stereocenters. The zero-order valence-corrected chi connectivity index (χ0v) is 13.1. The third-order valence-corrected chi connectivity index (χ3v) is 4.08. The minimum absolute atomic E-state index is 0.160. The lowest BCUT2D eigenvalue weighted by Crippen LogP contribution is -2.57. The van der Waals surface area contributed by atoms with Gasteiger partial charge in [-0.25, -0.2) is 9.37 Å². The fourth-order valence-electron chi connectivity index (χ4n) is 2.84. The number of morpholine rings is 1. The van der Waals surface area contributed by atoms with E-state index in [0.717, 1.165) is 0 Å². The maximum absolute atomic E-state index is 13.9. The van der Waals surface area contributed by atoms with E-state index in [4.69, 9.17) is 4.74 Å². The quantitative estimate of drug-likeness (QED) is 0.907. The molecule has 24 heavy (non-hydrogen) atoms. The van der Waals surface area contributed by atoms with Gasteiger partial charge in [0.1, 0.15) is 17.1 Å². The highest BCUT2D eigenvalue weighted by molar-refractivity contribution is 5.92. The van der Waals surface area contributed by atoms with Gasteiger partial charge in [0.15, 0.2) is 0 Å². The number of aliphatic hydroxyl groups excluding tert-OH is 1. The molecule has 0 spiro atoms. The number of nitrogens with zero attached hydrogens (tertiary/aromatic N) is 3. The van der Waals surface area contributed by atoms with Crippen molar-refractivity contribution in [3.63, 3.8) is 0 Å². The van der Waals surface area contributed by atoms with Gasteiger partial charge < -0.3 is 14.7 Å². The predicted molar refractivity (Wildman–Crippen MR) is 83.8 cm³/mol. The average Bonchev–Trinajstić information content (AvgIpc) is 2.64. The van der Waals surface area contributed by atoms with Crippen LogP contribution in [0.3, 0.4) is 0 Å². The molecule has 1 aliphatic rings. The topological polar surface area (TPSA) is 75.6 Å². The lowest BCUT2D eigenvalue weighted by atomic mass is 9.92. The van der Waals surface area contributed by atoms with Crippen LogP contribution in [0.1, 0.15) is 16.1 Å². The van der Waals surface area contributed by atoms with E-state index >= 15 is 0 Å². The third-order valence-electron chi connectivity index (χ3n) is 4.08. The monoisotopic (exact) mass is 331 g/mol. The molecule has 1 amide bonds. The molecule has 0 radical (unpaired) electrons. The van der Waals surface area contributed by atoms with Crippen LogP contribution < -0.4 is 0 Å². The highest BCUT2D eigenvalue weighted by Crippen LogP contribution is 2.25. The average molecular weight is 331 g/mol. The Morgan fingerprint density at radius 1 is 1.38 bits per heavy atom. The molecule has 1 N–H and O–H groups in total. The van der Waals surface area contributed by atoms with E-state index in [9.17, 15) is 14.3 Å². The number of carbonyl (C=O) groups is 1. The van der Waals surface area contributed by atoms with Crippen molar-refractivity contribution in [1.82, 2.24) is 14.9 Å². The number of amides is 1. The zero-order chi connectivity index (χ0) is 17.0. The molecule has 3 rings (SSSR count). The smallest absolute Gasteiger partial charge is 0.274 e. The number of ether oxygens (including phenoxy) is 1. The van der Waals surface area contributed by atoms with Gasteiger partial charge in [0.2, 0.25) is 0 Å². The zero-order valence-electron chi connectivity index (χ0n) is 13.1. The van der Waals surface area contributed by atoms with Gasteiger partial charge in [-0.2, -0.15) is 0 Å². The second-order valence-corrected chi connectivity index (χ2v) is 5.78. The van der Waals surface area contributed by atoms with E-state index < -0.39 is 5.60 Å². The van der Waals surface area contributed by atoms with Gasteiger partial charge in [0.25, 0.3) is 5.91 Å². The van der Waals surface area contributed by atoms with Crippen molar-refractivity contribution in [3.05, 3.63) is 59.9 Å². The van der Waals surface area contributed by atoms with E-state index in [0.29, 0.717) is 12.1 Å². The van der Waals surface area contributed by atoms with Gasteiger partial charge in [-0.1, -0.05) is 18.2 Å². The highest BCUT2D eigenvalue weighted by atomic mass is 19.1. The van der Waals surface area contributed by atoms with Gasteiger partial charge in [0.05, 0.1) is 26.0 Å². The first-order chi connectivity index (χ1) is 11.6. The first kappa shape index (κ1) is 16.5. The molecule has 2 heterocycles. The molecule has 0 saturated carbocycles. The largest absolute Gasteiger partial charge is 0.393 e. The molecule has 7 heteroatoms. The molecule has 2 aromatic rings. The number of hydrogen-bond donors (Lipinski definition) is 1. The van der Waals surface area contributed by atoms with Crippen LogP contribution in [-0.2, 0) is 11.2 Å². The van der Waals surface area contributed by atoms with Gasteiger partial charge in [0, 0.05) is 25.4 Å². The third kappa shape index (κ3) is 3.42. The molecule has 1 aromatic heterocycles. The summed E-state index contributed by atoms with van der Waals surface area (Å²) in [7, 11) is 0. The number of carbonyl (C=O) groups excluding carboxylic acids is 1. The van der Waals surface area contributed by atoms with E-state index in [1.807, 2.05) is 0 Å². The minimum atomic E-state index is -1.03. The van der Waals surface area contributed by atoms with E-state index in [2.05, 4.69) is 9.97 Å². The Bertz CT molecular complexity index is 713. The second kappa shape index (κ2) is 7.02. The van der Waals surface area contributed by atoms with Crippen molar-refractivity contribution in [3.8, 4) is 0 Å². The lowest BCUT2D eigenvalue weighted by Gasteiger charge is -2.41. The molecule has 126 valence electrons. The van der Waals surface area contributed by atoms with E-state index in [1.54, 1.807) is 23.1 Å². The van der Waals surface area contributed by atoms with Gasteiger partial charge >= 0.3 is 0 Å². The van der Waals surface area contributed by atoms with Crippen LogP contribution in [0.5, 0.6) is 0 Å². The van der Waals surface area contributed by atoms with Crippen molar-refractivity contribution in [2.24, 2.45) is 0 Å². The molecule has 0 aliphatic carbocycles. The summed E-state index contributed by atoms with van der Waals surface area (Å²) < 4.78 is 19.7. The second-order valence-electron chi connectivity index (χ2n) is 5.78.